The number of ether oxygens (including phenoxy) is 6. The Balaban J connectivity index is 1.54. The summed E-state index contributed by atoms with van der Waals surface area (Å²) in [4.78, 5) is 0. The van der Waals surface area contributed by atoms with E-state index in [1.165, 1.54) is 21.3 Å². The molecule has 0 aromatic heterocycles. The SMILES string of the molecule is COCOC1[C@@H](OP(=O)(OCc2ccccc2)OCc2ccccc2)[C@@H](OCOC)C(O)[C@H](OCOC)[C@H]1OP(=O)(OCc1ccccc1)OCc1ccccc1. The smallest absolute Gasteiger partial charge is 0.387 e. The van der Waals surface area contributed by atoms with Crippen molar-refractivity contribution >= 4 is 15.6 Å². The highest BCUT2D eigenvalue weighted by atomic mass is 31.2. The molecule has 1 fully saturated rings. The minimum absolute atomic E-state index is 0.176. The highest BCUT2D eigenvalue weighted by Gasteiger charge is 2.58. The maximum absolute atomic E-state index is 14.8. The van der Waals surface area contributed by atoms with Gasteiger partial charge in [-0.25, -0.2) is 9.13 Å². The number of phosphoric ester groups is 2. The molecule has 17 heteroatoms. The Hall–Kier alpha value is -3.18. The number of rotatable bonds is 25. The van der Waals surface area contributed by atoms with Crippen LogP contribution in [0.2, 0.25) is 0 Å². The number of aliphatic hydroxyl groups is 1. The molecule has 4 aromatic rings. The molecule has 0 amide bonds. The van der Waals surface area contributed by atoms with Crippen LogP contribution in [0.5, 0.6) is 0 Å². The number of hydrogen-bond donors (Lipinski definition) is 1. The lowest BCUT2D eigenvalue weighted by Crippen LogP contribution is -2.66. The lowest BCUT2D eigenvalue weighted by Gasteiger charge is -2.48. The van der Waals surface area contributed by atoms with E-state index in [4.69, 9.17) is 55.6 Å². The first-order valence-electron chi connectivity index (χ1n) is 18.1. The molecule has 57 heavy (non-hydrogen) atoms. The van der Waals surface area contributed by atoms with Crippen molar-refractivity contribution in [2.24, 2.45) is 0 Å². The van der Waals surface area contributed by atoms with Gasteiger partial charge in [0.15, 0.2) is 0 Å². The standard InChI is InChI=1S/C40H50O15P2/c1-44-28-47-36-35(41)37(48-29-45-2)40(55-57(43,52-26-33-20-12-6-13-21-33)53-27-34-22-14-7-15-23-34)38(49-30-46-3)39(36)54-56(42,50-24-31-16-8-4-9-17-31)51-25-32-18-10-5-11-19-32/h4-23,35-41H,24-30H2,1-3H3/t35?,36-,37-,38?,39-,40+/m0/s1. The van der Waals surface area contributed by atoms with Crippen molar-refractivity contribution in [2.45, 2.75) is 63.1 Å². The zero-order valence-corrected chi connectivity index (χ0v) is 33.8. The first-order valence-corrected chi connectivity index (χ1v) is 21.0. The van der Waals surface area contributed by atoms with Crippen LogP contribution in [-0.4, -0.2) is 83.4 Å². The van der Waals surface area contributed by atoms with Crippen LogP contribution in [0, 0.1) is 0 Å². The van der Waals surface area contributed by atoms with E-state index in [0.717, 1.165) is 0 Å². The molecule has 6 atom stereocenters. The number of methoxy groups -OCH3 is 3. The molecule has 0 heterocycles. The molecule has 15 nitrogen and oxygen atoms in total. The molecule has 2 unspecified atom stereocenters. The predicted molar refractivity (Wildman–Crippen MR) is 206 cm³/mol. The average molecular weight is 833 g/mol. The van der Waals surface area contributed by atoms with Gasteiger partial charge in [-0.2, -0.15) is 0 Å². The van der Waals surface area contributed by atoms with Crippen molar-refractivity contribution in [3.8, 4) is 0 Å². The van der Waals surface area contributed by atoms with Gasteiger partial charge in [0.05, 0.1) is 26.4 Å². The Morgan fingerprint density at radius 1 is 0.421 bits per heavy atom. The van der Waals surface area contributed by atoms with Gasteiger partial charge in [0.1, 0.15) is 57.0 Å². The summed E-state index contributed by atoms with van der Waals surface area (Å²) in [5.41, 5.74) is 2.70. The van der Waals surface area contributed by atoms with Crippen LogP contribution in [0.4, 0.5) is 0 Å². The molecule has 0 radical (unpaired) electrons. The van der Waals surface area contributed by atoms with E-state index in [-0.39, 0.29) is 46.8 Å². The van der Waals surface area contributed by atoms with Crippen LogP contribution in [0.25, 0.3) is 0 Å². The van der Waals surface area contributed by atoms with Gasteiger partial charge in [-0.15, -0.1) is 0 Å². The van der Waals surface area contributed by atoms with E-state index in [1.54, 1.807) is 97.1 Å². The highest BCUT2D eigenvalue weighted by Crippen LogP contribution is 2.57. The predicted octanol–water partition coefficient (Wildman–Crippen LogP) is 7.18. The van der Waals surface area contributed by atoms with Gasteiger partial charge >= 0.3 is 15.6 Å². The minimum Gasteiger partial charge on any atom is -0.387 e. The molecular weight excluding hydrogens is 782 g/mol. The van der Waals surface area contributed by atoms with Crippen LogP contribution in [0.1, 0.15) is 22.3 Å². The summed E-state index contributed by atoms with van der Waals surface area (Å²) < 4.78 is 99.9. The highest BCUT2D eigenvalue weighted by molar-refractivity contribution is 7.48. The summed E-state index contributed by atoms with van der Waals surface area (Å²) in [6, 6.07) is 36.0. The van der Waals surface area contributed by atoms with Crippen molar-refractivity contribution in [3.63, 3.8) is 0 Å². The number of aliphatic hydroxyl groups excluding tert-OH is 1. The summed E-state index contributed by atoms with van der Waals surface area (Å²) in [6.07, 6.45) is -9.01. The second kappa shape index (κ2) is 23.4. The maximum Gasteiger partial charge on any atom is 0.475 e. The number of hydrogen-bond acceptors (Lipinski definition) is 15. The largest absolute Gasteiger partial charge is 0.475 e. The van der Waals surface area contributed by atoms with Gasteiger partial charge in [-0.05, 0) is 22.3 Å². The van der Waals surface area contributed by atoms with Gasteiger partial charge < -0.3 is 33.5 Å². The molecule has 1 N–H and O–H groups in total. The lowest BCUT2D eigenvalue weighted by atomic mass is 9.84. The first-order chi connectivity index (χ1) is 27.8. The Morgan fingerprint density at radius 3 is 0.947 bits per heavy atom. The third kappa shape index (κ3) is 14.0. The average Bonchev–Trinajstić information content (AvgIpc) is 3.25. The number of phosphoric acid groups is 2. The molecule has 1 saturated carbocycles. The molecule has 1 aliphatic rings. The molecule has 4 aromatic carbocycles. The topological polar surface area (TPSA) is 165 Å². The fourth-order valence-electron chi connectivity index (χ4n) is 5.80. The van der Waals surface area contributed by atoms with Crippen molar-refractivity contribution in [1.82, 2.24) is 0 Å². The van der Waals surface area contributed by atoms with E-state index < -0.39 is 52.3 Å². The van der Waals surface area contributed by atoms with Crippen LogP contribution in [0.15, 0.2) is 121 Å². The molecule has 5 rings (SSSR count). The fourth-order valence-corrected chi connectivity index (χ4v) is 8.50. The molecule has 1 aliphatic carbocycles. The maximum atomic E-state index is 14.8. The molecule has 0 saturated heterocycles. The van der Waals surface area contributed by atoms with Crippen molar-refractivity contribution in [3.05, 3.63) is 144 Å². The molecule has 0 spiro atoms. The third-order valence-corrected chi connectivity index (χ3v) is 11.3. The molecule has 0 aliphatic heterocycles. The molecule has 0 bridgehead atoms. The Morgan fingerprint density at radius 2 is 0.684 bits per heavy atom. The molecule has 310 valence electrons. The minimum atomic E-state index is -4.61. The monoisotopic (exact) mass is 832 g/mol. The second-order valence-corrected chi connectivity index (χ2v) is 15.9. The number of benzene rings is 4. The van der Waals surface area contributed by atoms with E-state index >= 15 is 0 Å². The van der Waals surface area contributed by atoms with Crippen LogP contribution >= 0.6 is 15.6 Å². The molecular formula is C40H50O15P2. The van der Waals surface area contributed by atoms with E-state index in [1.807, 2.05) is 24.3 Å². The van der Waals surface area contributed by atoms with Crippen LogP contribution in [0.3, 0.4) is 0 Å². The summed E-state index contributed by atoms with van der Waals surface area (Å²) in [5.74, 6) is 0. The quantitative estimate of drug-likeness (QED) is 0.0527. The van der Waals surface area contributed by atoms with Crippen LogP contribution in [-0.2, 0) is 91.1 Å². The van der Waals surface area contributed by atoms with Gasteiger partial charge in [-0.1, -0.05) is 121 Å². The van der Waals surface area contributed by atoms with E-state index in [9.17, 15) is 14.2 Å². The van der Waals surface area contributed by atoms with Crippen molar-refractivity contribution in [2.75, 3.05) is 41.7 Å². The Bertz CT molecular complexity index is 1570. The van der Waals surface area contributed by atoms with Gasteiger partial charge in [0, 0.05) is 21.3 Å². The lowest BCUT2D eigenvalue weighted by molar-refractivity contribution is -0.280. The van der Waals surface area contributed by atoms with Crippen molar-refractivity contribution < 1.29 is 69.8 Å². The van der Waals surface area contributed by atoms with Gasteiger partial charge in [-0.3, -0.25) is 27.1 Å². The van der Waals surface area contributed by atoms with Crippen LogP contribution < -0.4 is 0 Å². The summed E-state index contributed by atoms with van der Waals surface area (Å²) in [5, 5.41) is 12.0. The Labute approximate surface area is 333 Å². The summed E-state index contributed by atoms with van der Waals surface area (Å²) >= 11 is 0. The zero-order chi connectivity index (χ0) is 40.4. The van der Waals surface area contributed by atoms with E-state index in [2.05, 4.69) is 0 Å². The second-order valence-electron chi connectivity index (χ2n) is 12.7. The van der Waals surface area contributed by atoms with E-state index in [0.29, 0.717) is 22.3 Å². The third-order valence-electron chi connectivity index (χ3n) is 8.53. The zero-order valence-electron chi connectivity index (χ0n) is 32.0. The normalized spacial score (nSPS) is 21.4. The fraction of sp³-hybridized carbons (Fsp3) is 0.400. The Kier molecular flexibility index (Phi) is 18.5. The van der Waals surface area contributed by atoms with Gasteiger partial charge in [0.2, 0.25) is 0 Å². The summed E-state index contributed by atoms with van der Waals surface area (Å²) in [6.45, 7) is -1.78. The van der Waals surface area contributed by atoms with Gasteiger partial charge in [0.25, 0.3) is 0 Å². The summed E-state index contributed by atoms with van der Waals surface area (Å²) in [7, 11) is -5.07. The first kappa shape index (κ1) is 44.9. The van der Waals surface area contributed by atoms with Crippen molar-refractivity contribution in [1.29, 1.82) is 0 Å².